The summed E-state index contributed by atoms with van der Waals surface area (Å²) in [6, 6.07) is 10.6. The van der Waals surface area contributed by atoms with Gasteiger partial charge in [0.2, 0.25) is 0 Å². The lowest BCUT2D eigenvalue weighted by Gasteiger charge is -2.28. The molecular formula is C16H20N2O3S. The first kappa shape index (κ1) is 16.4. The molecule has 1 heterocycles. The molecule has 0 bridgehead atoms. The monoisotopic (exact) mass is 320 g/mol. The van der Waals surface area contributed by atoms with Crippen LogP contribution in [0, 0.1) is 0 Å². The van der Waals surface area contributed by atoms with Crippen LogP contribution in [0.25, 0.3) is 10.9 Å². The Kier molecular flexibility index (Phi) is 4.51. The average molecular weight is 320 g/mol. The van der Waals surface area contributed by atoms with Gasteiger partial charge >= 0.3 is 0 Å². The first-order valence-corrected chi connectivity index (χ1v) is 8.99. The second-order valence-electron chi connectivity index (χ2n) is 5.58. The molecule has 118 valence electrons. The molecule has 22 heavy (non-hydrogen) atoms. The van der Waals surface area contributed by atoms with E-state index in [0.29, 0.717) is 5.69 Å². The van der Waals surface area contributed by atoms with Crippen molar-refractivity contribution < 1.29 is 13.2 Å². The van der Waals surface area contributed by atoms with Gasteiger partial charge in [0.1, 0.15) is 5.69 Å². The van der Waals surface area contributed by atoms with Crippen molar-refractivity contribution in [3.8, 4) is 0 Å². The van der Waals surface area contributed by atoms with E-state index in [-0.39, 0.29) is 5.91 Å². The second kappa shape index (κ2) is 6.04. The predicted molar refractivity (Wildman–Crippen MR) is 87.6 cm³/mol. The number of fused-ring (bicyclic) bond motifs is 1. The van der Waals surface area contributed by atoms with Gasteiger partial charge in [0.05, 0.1) is 10.8 Å². The normalized spacial score (nSPS) is 14.5. The number of hydrogen-bond acceptors (Lipinski definition) is 4. The average Bonchev–Trinajstić information content (AvgIpc) is 2.50. The first-order chi connectivity index (χ1) is 10.2. The highest BCUT2D eigenvalue weighted by molar-refractivity contribution is 7.91. The molecule has 5 nitrogen and oxygen atoms in total. The van der Waals surface area contributed by atoms with E-state index in [0.717, 1.165) is 10.9 Å². The van der Waals surface area contributed by atoms with Crippen LogP contribution in [0.15, 0.2) is 36.4 Å². The van der Waals surface area contributed by atoms with E-state index >= 15 is 0 Å². The Morgan fingerprint density at radius 1 is 1.14 bits per heavy atom. The molecule has 0 saturated carbocycles. The maximum atomic E-state index is 12.5. The molecule has 0 N–H and O–H groups in total. The smallest absolute Gasteiger partial charge is 0.272 e. The highest BCUT2D eigenvalue weighted by atomic mass is 32.2. The van der Waals surface area contributed by atoms with Gasteiger partial charge in [-0.3, -0.25) is 4.79 Å². The summed E-state index contributed by atoms with van der Waals surface area (Å²) in [5.74, 6) is -0.284. The van der Waals surface area contributed by atoms with Crippen molar-refractivity contribution in [2.75, 3.05) is 13.3 Å². The number of benzene rings is 1. The van der Waals surface area contributed by atoms with Crippen LogP contribution in [0.3, 0.4) is 0 Å². The van der Waals surface area contributed by atoms with Gasteiger partial charge in [-0.1, -0.05) is 24.3 Å². The summed E-state index contributed by atoms with van der Waals surface area (Å²) in [6.45, 7) is 3.34. The van der Waals surface area contributed by atoms with E-state index in [1.54, 1.807) is 27.0 Å². The number of carbonyl (C=O) groups excluding carboxylic acids is 1. The van der Waals surface area contributed by atoms with Crippen molar-refractivity contribution in [1.29, 1.82) is 0 Å². The SMILES string of the molecule is CC(C(C)S(C)(=O)=O)N(C)C(=O)c1ccc2ccccc2n1. The Balaban J connectivity index is 2.29. The maximum Gasteiger partial charge on any atom is 0.272 e. The molecular weight excluding hydrogens is 300 g/mol. The van der Waals surface area contributed by atoms with Crippen LogP contribution in [0.4, 0.5) is 0 Å². The van der Waals surface area contributed by atoms with Gasteiger partial charge in [0, 0.05) is 24.7 Å². The highest BCUT2D eigenvalue weighted by Gasteiger charge is 2.29. The van der Waals surface area contributed by atoms with E-state index in [1.807, 2.05) is 30.3 Å². The van der Waals surface area contributed by atoms with Gasteiger partial charge in [-0.25, -0.2) is 13.4 Å². The molecule has 2 rings (SSSR count). The summed E-state index contributed by atoms with van der Waals surface area (Å²) in [4.78, 5) is 18.3. The third-order valence-corrected chi connectivity index (χ3v) is 5.85. The van der Waals surface area contributed by atoms with Crippen LogP contribution >= 0.6 is 0 Å². The standard InChI is InChI=1S/C16H20N2O3S/c1-11(12(2)22(4,20)21)18(3)16(19)15-10-9-13-7-5-6-8-14(13)17-15/h5-12H,1-4H3. The summed E-state index contributed by atoms with van der Waals surface area (Å²) in [6.07, 6.45) is 1.18. The molecule has 0 saturated heterocycles. The third-order valence-electron chi connectivity index (χ3n) is 4.10. The first-order valence-electron chi connectivity index (χ1n) is 7.03. The molecule has 0 spiro atoms. The Morgan fingerprint density at radius 2 is 1.77 bits per heavy atom. The number of sulfone groups is 1. The number of amides is 1. The fourth-order valence-electron chi connectivity index (χ4n) is 2.22. The molecule has 0 fully saturated rings. The minimum Gasteiger partial charge on any atom is -0.336 e. The van der Waals surface area contributed by atoms with Crippen LogP contribution in [-0.4, -0.2) is 48.8 Å². The molecule has 6 heteroatoms. The Labute approximate surface area is 130 Å². The topological polar surface area (TPSA) is 67.3 Å². The molecule has 0 aliphatic heterocycles. The summed E-state index contributed by atoms with van der Waals surface area (Å²) < 4.78 is 23.3. The molecule has 2 unspecified atom stereocenters. The van der Waals surface area contributed by atoms with Gasteiger partial charge in [0.15, 0.2) is 9.84 Å². The number of hydrogen-bond donors (Lipinski definition) is 0. The van der Waals surface area contributed by atoms with Crippen LogP contribution < -0.4 is 0 Å². The Bertz CT molecular complexity index is 802. The van der Waals surface area contributed by atoms with Gasteiger partial charge in [-0.05, 0) is 26.0 Å². The molecule has 0 radical (unpaired) electrons. The second-order valence-corrected chi connectivity index (χ2v) is 7.98. The lowest BCUT2D eigenvalue weighted by Crippen LogP contribution is -2.44. The van der Waals surface area contributed by atoms with Crippen molar-refractivity contribution in [1.82, 2.24) is 9.88 Å². The number of nitrogens with zero attached hydrogens (tertiary/aromatic N) is 2. The Hall–Kier alpha value is -1.95. The van der Waals surface area contributed by atoms with Crippen LogP contribution in [-0.2, 0) is 9.84 Å². The van der Waals surface area contributed by atoms with Crippen molar-refractivity contribution in [2.24, 2.45) is 0 Å². The van der Waals surface area contributed by atoms with Crippen LogP contribution in [0.5, 0.6) is 0 Å². The van der Waals surface area contributed by atoms with Gasteiger partial charge in [-0.15, -0.1) is 0 Å². The summed E-state index contributed by atoms with van der Waals surface area (Å²) >= 11 is 0. The zero-order valence-corrected chi connectivity index (χ0v) is 14.0. The van der Waals surface area contributed by atoms with E-state index in [4.69, 9.17) is 0 Å². The molecule has 0 aliphatic carbocycles. The quantitative estimate of drug-likeness (QED) is 0.865. The molecule has 1 aromatic carbocycles. The highest BCUT2D eigenvalue weighted by Crippen LogP contribution is 2.16. The molecule has 2 aromatic rings. The van der Waals surface area contributed by atoms with Crippen molar-refractivity contribution >= 4 is 26.6 Å². The number of pyridine rings is 1. The largest absolute Gasteiger partial charge is 0.336 e. The van der Waals surface area contributed by atoms with Gasteiger partial charge in [0.25, 0.3) is 5.91 Å². The summed E-state index contributed by atoms with van der Waals surface area (Å²) in [5.41, 5.74) is 1.05. The molecule has 1 amide bonds. The number of aromatic nitrogens is 1. The van der Waals surface area contributed by atoms with Gasteiger partial charge < -0.3 is 4.90 Å². The van der Waals surface area contributed by atoms with E-state index < -0.39 is 21.1 Å². The third kappa shape index (κ3) is 3.27. The van der Waals surface area contributed by atoms with Crippen LogP contribution in [0.1, 0.15) is 24.3 Å². The summed E-state index contributed by atoms with van der Waals surface area (Å²) in [5, 5.41) is 0.321. The minimum atomic E-state index is -3.21. The maximum absolute atomic E-state index is 12.5. The fraction of sp³-hybridized carbons (Fsp3) is 0.375. The van der Waals surface area contributed by atoms with Crippen LogP contribution in [0.2, 0.25) is 0 Å². The molecule has 1 aromatic heterocycles. The van der Waals surface area contributed by atoms with Crippen molar-refractivity contribution in [3.05, 3.63) is 42.1 Å². The predicted octanol–water partition coefficient (Wildman–Crippen LogP) is 2.13. The van der Waals surface area contributed by atoms with Crippen molar-refractivity contribution in [3.63, 3.8) is 0 Å². The molecule has 0 aliphatic rings. The zero-order chi connectivity index (χ0) is 16.5. The fourth-order valence-corrected chi connectivity index (χ4v) is 3.12. The number of rotatable bonds is 4. The Morgan fingerprint density at radius 3 is 2.41 bits per heavy atom. The van der Waals surface area contributed by atoms with E-state index in [9.17, 15) is 13.2 Å². The lowest BCUT2D eigenvalue weighted by atomic mass is 10.1. The number of para-hydroxylation sites is 1. The zero-order valence-electron chi connectivity index (χ0n) is 13.1. The summed E-state index contributed by atoms with van der Waals surface area (Å²) in [7, 11) is -1.61. The van der Waals surface area contributed by atoms with Crippen molar-refractivity contribution in [2.45, 2.75) is 25.1 Å². The number of carbonyl (C=O) groups is 1. The van der Waals surface area contributed by atoms with Gasteiger partial charge in [-0.2, -0.15) is 0 Å². The molecule has 2 atom stereocenters. The van der Waals surface area contributed by atoms with E-state index in [2.05, 4.69) is 4.98 Å². The minimum absolute atomic E-state index is 0.284. The van der Waals surface area contributed by atoms with E-state index in [1.165, 1.54) is 11.2 Å². The lowest BCUT2D eigenvalue weighted by molar-refractivity contribution is 0.0737.